The fraction of sp³-hybridized carbons (Fsp3) is 0.304. The lowest BCUT2D eigenvalue weighted by Crippen LogP contribution is -2.30. The van der Waals surface area contributed by atoms with Gasteiger partial charge in [0.05, 0.1) is 0 Å². The van der Waals surface area contributed by atoms with E-state index < -0.39 is 0 Å². The van der Waals surface area contributed by atoms with Crippen molar-refractivity contribution in [2.75, 3.05) is 13.2 Å². The molecule has 0 atom stereocenters. The highest BCUT2D eigenvalue weighted by Gasteiger charge is 2.06. The molecule has 0 saturated carbocycles. The van der Waals surface area contributed by atoms with Crippen molar-refractivity contribution in [3.63, 3.8) is 0 Å². The summed E-state index contributed by atoms with van der Waals surface area (Å²) in [6, 6.07) is 18.0. The number of hydrogen-bond acceptors (Lipinski definition) is 3. The molecule has 28 heavy (non-hydrogen) atoms. The Hall–Kier alpha value is -3.08. The van der Waals surface area contributed by atoms with Gasteiger partial charge in [-0.05, 0) is 30.0 Å². The number of rotatable bonds is 9. The zero-order valence-corrected chi connectivity index (χ0v) is 16.5. The normalized spacial score (nSPS) is 10.8. The smallest absolute Gasteiger partial charge is 0.257 e. The molecule has 1 amide bonds. The summed E-state index contributed by atoms with van der Waals surface area (Å²) in [6.07, 6.45) is 4.60. The van der Waals surface area contributed by atoms with Crippen molar-refractivity contribution >= 4 is 5.91 Å². The molecule has 5 heteroatoms. The summed E-state index contributed by atoms with van der Waals surface area (Å²) >= 11 is 0. The first-order chi connectivity index (χ1) is 13.6. The maximum absolute atomic E-state index is 12.0. The van der Waals surface area contributed by atoms with Crippen LogP contribution < -0.4 is 10.1 Å². The molecule has 2 aromatic carbocycles. The maximum Gasteiger partial charge on any atom is 0.257 e. The van der Waals surface area contributed by atoms with E-state index in [9.17, 15) is 4.79 Å². The second-order valence-electron chi connectivity index (χ2n) is 7.03. The molecule has 3 rings (SSSR count). The van der Waals surface area contributed by atoms with Gasteiger partial charge in [-0.25, -0.2) is 4.98 Å². The monoisotopic (exact) mass is 377 g/mol. The lowest BCUT2D eigenvalue weighted by molar-refractivity contribution is -0.123. The van der Waals surface area contributed by atoms with E-state index in [0.717, 1.165) is 24.4 Å². The van der Waals surface area contributed by atoms with E-state index in [1.54, 1.807) is 6.20 Å². The predicted molar refractivity (Wildman–Crippen MR) is 111 cm³/mol. The molecule has 0 fully saturated rings. The second kappa shape index (κ2) is 9.74. The molecule has 0 aliphatic rings. The number of nitrogens with one attached hydrogen (secondary N) is 1. The first-order valence-electron chi connectivity index (χ1n) is 9.69. The van der Waals surface area contributed by atoms with Crippen LogP contribution in [-0.4, -0.2) is 28.6 Å². The number of ether oxygens (including phenoxy) is 1. The molecule has 0 unspecified atom stereocenters. The number of aromatic nitrogens is 2. The highest BCUT2D eigenvalue weighted by molar-refractivity contribution is 5.77. The van der Waals surface area contributed by atoms with Crippen LogP contribution in [0.2, 0.25) is 0 Å². The average Bonchev–Trinajstić information content (AvgIpc) is 3.19. The molecule has 0 saturated heterocycles. The maximum atomic E-state index is 12.0. The van der Waals surface area contributed by atoms with Crippen molar-refractivity contribution in [1.29, 1.82) is 0 Å². The van der Waals surface area contributed by atoms with Crippen LogP contribution in [0.25, 0.3) is 11.4 Å². The summed E-state index contributed by atoms with van der Waals surface area (Å²) < 4.78 is 7.66. The molecule has 3 aromatic rings. The number of nitrogens with zero attached hydrogens (tertiary/aromatic N) is 2. The number of amides is 1. The fourth-order valence-electron chi connectivity index (χ4n) is 2.96. The van der Waals surface area contributed by atoms with Gasteiger partial charge in [0.15, 0.2) is 6.61 Å². The van der Waals surface area contributed by atoms with Crippen LogP contribution >= 0.6 is 0 Å². The third kappa shape index (κ3) is 5.46. The standard InChI is InChI=1S/C23H27N3O2/c1-18(2)19-9-11-21(12-10-19)28-17-22(27)24-13-6-15-26-16-14-25-23(26)20-7-4-3-5-8-20/h3-5,7-12,14,16,18H,6,13,15,17H2,1-2H3,(H,24,27). The van der Waals surface area contributed by atoms with Crippen LogP contribution in [0.5, 0.6) is 5.75 Å². The molecular formula is C23H27N3O2. The van der Waals surface area contributed by atoms with Gasteiger partial charge in [-0.1, -0.05) is 56.3 Å². The van der Waals surface area contributed by atoms with Gasteiger partial charge in [-0.3, -0.25) is 4.79 Å². The Labute approximate surface area is 166 Å². The largest absolute Gasteiger partial charge is 0.484 e. The Morgan fingerprint density at radius 1 is 1.11 bits per heavy atom. The first kappa shape index (κ1) is 19.7. The zero-order valence-electron chi connectivity index (χ0n) is 16.5. The van der Waals surface area contributed by atoms with Gasteiger partial charge in [0.2, 0.25) is 0 Å². The fourth-order valence-corrected chi connectivity index (χ4v) is 2.96. The van der Waals surface area contributed by atoms with E-state index in [4.69, 9.17) is 4.74 Å². The van der Waals surface area contributed by atoms with E-state index >= 15 is 0 Å². The van der Waals surface area contributed by atoms with Gasteiger partial charge in [-0.15, -0.1) is 0 Å². The van der Waals surface area contributed by atoms with Crippen molar-refractivity contribution in [1.82, 2.24) is 14.9 Å². The highest BCUT2D eigenvalue weighted by Crippen LogP contribution is 2.18. The lowest BCUT2D eigenvalue weighted by atomic mass is 10.0. The van der Waals surface area contributed by atoms with Crippen LogP contribution in [-0.2, 0) is 11.3 Å². The number of carbonyl (C=O) groups is 1. The summed E-state index contributed by atoms with van der Waals surface area (Å²) in [5, 5.41) is 2.91. The molecule has 0 aliphatic heterocycles. The summed E-state index contributed by atoms with van der Waals surface area (Å²) in [4.78, 5) is 16.4. The Morgan fingerprint density at radius 2 is 1.86 bits per heavy atom. The third-order valence-corrected chi connectivity index (χ3v) is 4.56. The first-order valence-corrected chi connectivity index (χ1v) is 9.69. The molecule has 0 bridgehead atoms. The van der Waals surface area contributed by atoms with Crippen LogP contribution in [0.3, 0.4) is 0 Å². The number of benzene rings is 2. The van der Waals surface area contributed by atoms with E-state index in [1.165, 1.54) is 5.56 Å². The van der Waals surface area contributed by atoms with Crippen LogP contribution in [0, 0.1) is 0 Å². The molecule has 1 heterocycles. The Morgan fingerprint density at radius 3 is 2.57 bits per heavy atom. The Bertz CT molecular complexity index is 870. The summed E-state index contributed by atoms with van der Waals surface area (Å²) in [5.74, 6) is 2.03. The SMILES string of the molecule is CC(C)c1ccc(OCC(=O)NCCCn2ccnc2-c2ccccc2)cc1. The molecule has 1 N–H and O–H groups in total. The Balaban J connectivity index is 1.39. The van der Waals surface area contributed by atoms with Crippen LogP contribution in [0.1, 0.15) is 31.7 Å². The van der Waals surface area contributed by atoms with Gasteiger partial charge in [0.25, 0.3) is 5.91 Å². The number of carbonyl (C=O) groups excluding carboxylic acids is 1. The van der Waals surface area contributed by atoms with Gasteiger partial charge >= 0.3 is 0 Å². The molecule has 5 nitrogen and oxygen atoms in total. The number of imidazole rings is 1. The highest BCUT2D eigenvalue weighted by atomic mass is 16.5. The van der Waals surface area contributed by atoms with Crippen LogP contribution in [0.15, 0.2) is 67.0 Å². The third-order valence-electron chi connectivity index (χ3n) is 4.56. The predicted octanol–water partition coefficient (Wildman–Crippen LogP) is 4.26. The van der Waals surface area contributed by atoms with Gasteiger partial charge < -0.3 is 14.6 Å². The quantitative estimate of drug-likeness (QED) is 0.567. The van der Waals surface area contributed by atoms with Crippen molar-refractivity contribution in [2.45, 2.75) is 32.7 Å². The minimum Gasteiger partial charge on any atom is -0.484 e. The van der Waals surface area contributed by atoms with Gasteiger partial charge in [0.1, 0.15) is 11.6 Å². The van der Waals surface area contributed by atoms with E-state index in [2.05, 4.69) is 28.7 Å². The zero-order chi connectivity index (χ0) is 19.8. The number of hydrogen-bond donors (Lipinski definition) is 1. The van der Waals surface area contributed by atoms with Crippen molar-refractivity contribution in [3.8, 4) is 17.1 Å². The summed E-state index contributed by atoms with van der Waals surface area (Å²) in [6.45, 7) is 5.72. The molecule has 0 spiro atoms. The molecule has 1 aromatic heterocycles. The van der Waals surface area contributed by atoms with Crippen LogP contribution in [0.4, 0.5) is 0 Å². The minimum atomic E-state index is -0.109. The lowest BCUT2D eigenvalue weighted by Gasteiger charge is -2.10. The summed E-state index contributed by atoms with van der Waals surface area (Å²) in [7, 11) is 0. The van der Waals surface area contributed by atoms with Crippen molar-refractivity contribution in [3.05, 3.63) is 72.6 Å². The topological polar surface area (TPSA) is 56.1 Å². The summed E-state index contributed by atoms with van der Waals surface area (Å²) in [5.41, 5.74) is 2.35. The second-order valence-corrected chi connectivity index (χ2v) is 7.03. The van der Waals surface area contributed by atoms with E-state index in [1.807, 2.05) is 60.8 Å². The van der Waals surface area contributed by atoms with E-state index in [0.29, 0.717) is 18.2 Å². The molecule has 146 valence electrons. The number of aryl methyl sites for hydroxylation is 1. The average molecular weight is 377 g/mol. The van der Waals surface area contributed by atoms with E-state index in [-0.39, 0.29) is 12.5 Å². The Kier molecular flexibility index (Phi) is 6.84. The van der Waals surface area contributed by atoms with Gasteiger partial charge in [-0.2, -0.15) is 0 Å². The molecular weight excluding hydrogens is 350 g/mol. The molecule has 0 radical (unpaired) electrons. The molecule has 0 aliphatic carbocycles. The van der Waals surface area contributed by atoms with Crippen molar-refractivity contribution < 1.29 is 9.53 Å². The van der Waals surface area contributed by atoms with Gasteiger partial charge in [0, 0.05) is 31.0 Å². The van der Waals surface area contributed by atoms with Crippen molar-refractivity contribution in [2.24, 2.45) is 0 Å². The minimum absolute atomic E-state index is 0.0291.